The van der Waals surface area contributed by atoms with Crippen molar-refractivity contribution < 1.29 is 72.4 Å². The lowest BCUT2D eigenvalue weighted by Gasteiger charge is -2.55. The Balaban J connectivity index is 1.82. The van der Waals surface area contributed by atoms with Crippen molar-refractivity contribution in [2.75, 3.05) is 18.9 Å². The van der Waals surface area contributed by atoms with Crippen LogP contribution in [0.2, 0.25) is 0 Å². The normalized spacial score (nSPS) is 20.3. The van der Waals surface area contributed by atoms with Crippen LogP contribution in [0.15, 0.2) is 29.0 Å². The number of carbonyl (C=O) groups is 5. The number of rotatable bonds is 14. The lowest BCUT2D eigenvalue weighted by Crippen LogP contribution is -2.84. The summed E-state index contributed by atoms with van der Waals surface area (Å²) in [6, 6.07) is 3.32. The zero-order valence-corrected chi connectivity index (χ0v) is 25.8. The molecule has 1 fully saturated rings. The van der Waals surface area contributed by atoms with E-state index in [0.717, 1.165) is 16.7 Å². The van der Waals surface area contributed by atoms with Crippen molar-refractivity contribution in [1.29, 1.82) is 0 Å². The number of unbranched alkanes of at least 4 members (excludes halogenated alkanes) is 1. The summed E-state index contributed by atoms with van der Waals surface area (Å²) in [7, 11) is -11.4. The van der Waals surface area contributed by atoms with Gasteiger partial charge in [-0.1, -0.05) is 6.07 Å². The number of nitrogens with two attached hydrogens (primary N) is 1. The van der Waals surface area contributed by atoms with Gasteiger partial charge in [0.15, 0.2) is 0 Å². The number of ether oxygens (including phenoxy) is 2. The number of carbonyl (C=O) groups excluding carboxylic acids is 4. The van der Waals surface area contributed by atoms with Crippen molar-refractivity contribution in [1.82, 2.24) is 15.5 Å². The molecule has 19 nitrogen and oxygen atoms in total. The van der Waals surface area contributed by atoms with E-state index in [2.05, 4.69) is 10.6 Å². The van der Waals surface area contributed by atoms with Gasteiger partial charge in [0, 0.05) is 22.7 Å². The van der Waals surface area contributed by atoms with E-state index in [0.29, 0.717) is 4.88 Å². The van der Waals surface area contributed by atoms with E-state index in [1.54, 1.807) is 17.5 Å². The molecule has 1 aromatic rings. The molecule has 2 aliphatic rings. The standard InChI is InChI=1S/C21H28N4O15P2S2/c22-18(29)39-9-11-10-44-17-21(16(28)25(17)14(11)40-19(30)31,24-13(26)8-12-4-3-7-43-12)15(27)23-6-2-1-5-20(32,41(33,34)35)42(36,37)38/h3-4,7,17,32H,1-2,5-6,8-10H2,(H2,22,29)(H,23,27)(H,24,26)(H,30,31)(H2,33,34,35)(H2,36,37,38)/t17-,21?/m0/s1. The zero-order chi connectivity index (χ0) is 33.1. The number of amides is 4. The molecule has 23 heteroatoms. The van der Waals surface area contributed by atoms with Gasteiger partial charge in [0.25, 0.3) is 16.9 Å². The number of aliphatic hydroxyl groups is 1. The Morgan fingerprint density at radius 3 is 2.36 bits per heavy atom. The average Bonchev–Trinajstić information content (AvgIpc) is 3.41. The van der Waals surface area contributed by atoms with Crippen molar-refractivity contribution in [3.63, 3.8) is 0 Å². The monoisotopic (exact) mass is 702 g/mol. The molecule has 1 saturated heterocycles. The van der Waals surface area contributed by atoms with E-state index in [-0.39, 0.29) is 30.7 Å². The van der Waals surface area contributed by atoms with Crippen molar-refractivity contribution >= 4 is 68.3 Å². The first-order chi connectivity index (χ1) is 20.3. The lowest BCUT2D eigenvalue weighted by atomic mass is 9.85. The molecule has 0 saturated carbocycles. The third-order valence-electron chi connectivity index (χ3n) is 6.44. The maximum absolute atomic E-state index is 13.6. The molecule has 3 rings (SSSR count). The van der Waals surface area contributed by atoms with Gasteiger partial charge in [0.1, 0.15) is 12.0 Å². The van der Waals surface area contributed by atoms with Gasteiger partial charge in [0.05, 0.1) is 6.42 Å². The number of nitrogens with zero attached hydrogens (tertiary/aromatic N) is 1. The average molecular weight is 703 g/mol. The fraction of sp³-hybridized carbons (Fsp3) is 0.476. The highest BCUT2D eigenvalue weighted by Crippen LogP contribution is 2.69. The smallest absolute Gasteiger partial charge is 0.449 e. The van der Waals surface area contributed by atoms with Crippen molar-refractivity contribution in [3.8, 4) is 0 Å². The van der Waals surface area contributed by atoms with E-state index in [1.165, 1.54) is 11.3 Å². The van der Waals surface area contributed by atoms with Gasteiger partial charge >= 0.3 is 27.4 Å². The topological polar surface area (TPSA) is 313 Å². The second-order valence-electron chi connectivity index (χ2n) is 9.41. The molecule has 2 atom stereocenters. The number of fused-ring (bicyclic) bond motifs is 1. The highest BCUT2D eigenvalue weighted by atomic mass is 32.2. The minimum absolute atomic E-state index is 0.0299. The molecule has 0 aliphatic carbocycles. The summed E-state index contributed by atoms with van der Waals surface area (Å²) in [5.74, 6) is -3.56. The van der Waals surface area contributed by atoms with Crippen molar-refractivity contribution in [3.05, 3.63) is 33.8 Å². The zero-order valence-electron chi connectivity index (χ0n) is 22.4. The van der Waals surface area contributed by atoms with E-state index in [1.807, 2.05) is 0 Å². The summed E-state index contributed by atoms with van der Waals surface area (Å²) < 4.78 is 32.5. The second kappa shape index (κ2) is 13.6. The Labute approximate surface area is 256 Å². The Morgan fingerprint density at radius 2 is 1.82 bits per heavy atom. The molecular weight excluding hydrogens is 674 g/mol. The van der Waals surface area contributed by atoms with Gasteiger partial charge in [-0.15, -0.1) is 23.1 Å². The minimum Gasteiger partial charge on any atom is -0.449 e. The number of primary amides is 1. The second-order valence-corrected chi connectivity index (χ2v) is 15.5. The van der Waals surface area contributed by atoms with Crippen LogP contribution >= 0.6 is 38.3 Å². The van der Waals surface area contributed by atoms with Gasteiger partial charge in [-0.05, 0) is 30.7 Å². The van der Waals surface area contributed by atoms with Crippen LogP contribution in [-0.4, -0.2) is 99.6 Å². The molecule has 4 amide bonds. The number of thioether (sulfide) groups is 1. The number of carboxylic acid groups (broad SMARTS) is 1. The maximum atomic E-state index is 13.6. The SMILES string of the molecule is NC(=O)OCC1=C(OC(=O)O)N2C(=O)C(NC(=O)Cc3cccs3)(C(=O)NCCCCC(O)(P(=O)(O)O)P(=O)(O)O)[C@@H]2SC1. The third kappa shape index (κ3) is 7.27. The van der Waals surface area contributed by atoms with E-state index in [4.69, 9.17) is 15.2 Å². The number of hydrogen-bond acceptors (Lipinski definition) is 12. The molecule has 0 bridgehead atoms. The first kappa shape index (κ1) is 35.5. The van der Waals surface area contributed by atoms with Gasteiger partial charge in [-0.2, -0.15) is 0 Å². The number of thiophene rings is 1. The molecule has 10 N–H and O–H groups in total. The summed E-state index contributed by atoms with van der Waals surface area (Å²) in [5, 5.41) is 20.9. The largest absolute Gasteiger partial charge is 0.512 e. The van der Waals surface area contributed by atoms with E-state index >= 15 is 0 Å². The van der Waals surface area contributed by atoms with Crippen LogP contribution in [0.25, 0.3) is 0 Å². The van der Waals surface area contributed by atoms with Gasteiger partial charge in [-0.25, -0.2) is 9.59 Å². The van der Waals surface area contributed by atoms with Crippen LogP contribution in [-0.2, 0) is 39.4 Å². The summed E-state index contributed by atoms with van der Waals surface area (Å²) >= 11 is 2.14. The summed E-state index contributed by atoms with van der Waals surface area (Å²) in [4.78, 5) is 101. The number of hydrogen-bond donors (Lipinski definition) is 9. The van der Waals surface area contributed by atoms with Crippen LogP contribution in [0, 0.1) is 0 Å². The molecule has 2 aliphatic heterocycles. The predicted octanol–water partition coefficient (Wildman–Crippen LogP) is -0.650. The minimum atomic E-state index is -5.68. The Hall–Kier alpha value is -3.00. The Morgan fingerprint density at radius 1 is 1.16 bits per heavy atom. The molecule has 0 radical (unpaired) electrons. The first-order valence-electron chi connectivity index (χ1n) is 12.3. The Bertz CT molecular complexity index is 1420. The van der Waals surface area contributed by atoms with Gasteiger partial charge in [0.2, 0.25) is 17.3 Å². The summed E-state index contributed by atoms with van der Waals surface area (Å²) in [6.07, 6.45) is -4.86. The highest BCUT2D eigenvalue weighted by molar-refractivity contribution is 8.00. The molecular formula is C21H28N4O15P2S2. The van der Waals surface area contributed by atoms with Crippen molar-refractivity contribution in [2.45, 2.75) is 41.7 Å². The number of nitrogens with one attached hydrogen (secondary N) is 2. The molecule has 44 heavy (non-hydrogen) atoms. The third-order valence-corrected chi connectivity index (χ3v) is 12.6. The Kier molecular flexibility index (Phi) is 10.9. The lowest BCUT2D eigenvalue weighted by molar-refractivity contribution is -0.165. The van der Waals surface area contributed by atoms with E-state index in [9.17, 15) is 62.9 Å². The first-order valence-corrected chi connectivity index (χ1v) is 17.5. The summed E-state index contributed by atoms with van der Waals surface area (Å²) in [5.41, 5.74) is 2.71. The van der Waals surface area contributed by atoms with Gasteiger partial charge < -0.3 is 55.6 Å². The van der Waals surface area contributed by atoms with Crippen LogP contribution in [0.1, 0.15) is 24.1 Å². The molecule has 244 valence electrons. The van der Waals surface area contributed by atoms with Crippen molar-refractivity contribution in [2.24, 2.45) is 5.73 Å². The fourth-order valence-electron chi connectivity index (χ4n) is 4.31. The fourth-order valence-corrected chi connectivity index (χ4v) is 8.69. The maximum Gasteiger partial charge on any atom is 0.512 e. The molecule has 0 spiro atoms. The molecule has 1 aromatic heterocycles. The van der Waals surface area contributed by atoms with Crippen LogP contribution in [0.3, 0.4) is 0 Å². The molecule has 1 unspecified atom stereocenters. The van der Waals surface area contributed by atoms with Crippen LogP contribution < -0.4 is 16.4 Å². The quantitative estimate of drug-likeness (QED) is 0.0382. The van der Waals surface area contributed by atoms with Gasteiger partial charge in [-0.3, -0.25) is 28.4 Å². The van der Waals surface area contributed by atoms with Crippen LogP contribution in [0.5, 0.6) is 0 Å². The van der Waals surface area contributed by atoms with Crippen LogP contribution in [0.4, 0.5) is 9.59 Å². The molecule has 0 aromatic carbocycles. The number of β-lactam (4-membered cyclic amide) rings is 1. The summed E-state index contributed by atoms with van der Waals surface area (Å²) in [6.45, 7) is -0.878. The van der Waals surface area contributed by atoms with E-state index < -0.39 is 86.5 Å². The molecule has 3 heterocycles. The highest BCUT2D eigenvalue weighted by Gasteiger charge is 2.70. The predicted molar refractivity (Wildman–Crippen MR) is 150 cm³/mol.